The molecule has 116 valence electrons. The molecular weight excluding hydrogens is 267 g/mol. The van der Waals surface area contributed by atoms with E-state index < -0.39 is 11.6 Å². The highest BCUT2D eigenvalue weighted by atomic mass is 19.1. The van der Waals surface area contributed by atoms with E-state index >= 15 is 4.39 Å². The third-order valence-electron chi connectivity index (χ3n) is 4.28. The molecule has 0 spiro atoms. The van der Waals surface area contributed by atoms with Gasteiger partial charge in [-0.15, -0.1) is 0 Å². The van der Waals surface area contributed by atoms with Gasteiger partial charge in [0, 0.05) is 12.0 Å². The molecule has 2 atom stereocenters. The average molecular weight is 292 g/mol. The van der Waals surface area contributed by atoms with Crippen molar-refractivity contribution in [3.05, 3.63) is 35.4 Å². The lowest BCUT2D eigenvalue weighted by atomic mass is 9.98. The van der Waals surface area contributed by atoms with Crippen LogP contribution in [0.5, 0.6) is 0 Å². The van der Waals surface area contributed by atoms with Crippen molar-refractivity contribution in [1.29, 1.82) is 0 Å². The molecule has 21 heavy (non-hydrogen) atoms. The first-order valence-corrected chi connectivity index (χ1v) is 8.06. The smallest absolute Gasteiger partial charge is 0.348 e. The third kappa shape index (κ3) is 3.63. The first-order valence-electron chi connectivity index (χ1n) is 8.06. The number of carbonyl (C=O) groups excluding carboxylic acids is 1. The van der Waals surface area contributed by atoms with Gasteiger partial charge in [-0.2, -0.15) is 0 Å². The van der Waals surface area contributed by atoms with Crippen molar-refractivity contribution in [1.82, 2.24) is 0 Å². The van der Waals surface area contributed by atoms with E-state index in [1.165, 1.54) is 12.8 Å². The lowest BCUT2D eigenvalue weighted by molar-refractivity contribution is -0.163. The fourth-order valence-corrected chi connectivity index (χ4v) is 2.97. The van der Waals surface area contributed by atoms with Gasteiger partial charge in [0.15, 0.2) is 0 Å². The number of carbonyl (C=O) groups is 1. The summed E-state index contributed by atoms with van der Waals surface area (Å²) in [6.07, 6.45) is 5.94. The minimum Gasteiger partial charge on any atom is -0.460 e. The molecule has 2 nitrogen and oxygen atoms in total. The number of fused-ring (bicyclic) bond motifs is 1. The SMILES string of the molecule is CCCCCC[C@H](C)OC(=O)C1(F)CCc2ccccc21. The molecule has 0 bridgehead atoms. The quantitative estimate of drug-likeness (QED) is 0.538. The van der Waals surface area contributed by atoms with E-state index in [9.17, 15) is 4.79 Å². The Hall–Kier alpha value is -1.38. The third-order valence-corrected chi connectivity index (χ3v) is 4.28. The molecule has 1 aromatic rings. The van der Waals surface area contributed by atoms with Crippen molar-refractivity contribution in [2.45, 2.75) is 70.6 Å². The molecule has 1 aliphatic rings. The lowest BCUT2D eigenvalue weighted by Crippen LogP contribution is -2.33. The van der Waals surface area contributed by atoms with Crippen molar-refractivity contribution < 1.29 is 13.9 Å². The Morgan fingerprint density at radius 2 is 2.10 bits per heavy atom. The summed E-state index contributed by atoms with van der Waals surface area (Å²) in [5, 5.41) is 0. The predicted octanol–water partition coefficient (Wildman–Crippen LogP) is 4.70. The number of benzene rings is 1. The van der Waals surface area contributed by atoms with E-state index in [-0.39, 0.29) is 12.5 Å². The summed E-state index contributed by atoms with van der Waals surface area (Å²) in [4.78, 5) is 12.2. The Morgan fingerprint density at radius 3 is 2.86 bits per heavy atom. The number of esters is 1. The molecule has 0 N–H and O–H groups in total. The number of hydrogen-bond acceptors (Lipinski definition) is 2. The molecule has 0 aliphatic heterocycles. The summed E-state index contributed by atoms with van der Waals surface area (Å²) in [5.74, 6) is -0.713. The van der Waals surface area contributed by atoms with Crippen molar-refractivity contribution >= 4 is 5.97 Å². The van der Waals surface area contributed by atoms with Gasteiger partial charge in [-0.1, -0.05) is 50.5 Å². The second-order valence-electron chi connectivity index (χ2n) is 6.02. The molecule has 2 rings (SSSR count). The average Bonchev–Trinajstić information content (AvgIpc) is 2.83. The first-order chi connectivity index (χ1) is 10.1. The molecule has 3 heteroatoms. The Kier molecular flexibility index (Phi) is 5.38. The maximum Gasteiger partial charge on any atom is 0.348 e. The summed E-state index contributed by atoms with van der Waals surface area (Å²) >= 11 is 0. The van der Waals surface area contributed by atoms with E-state index in [1.54, 1.807) is 12.1 Å². The van der Waals surface area contributed by atoms with E-state index in [2.05, 4.69) is 6.92 Å². The van der Waals surface area contributed by atoms with Crippen LogP contribution in [0.2, 0.25) is 0 Å². The highest BCUT2D eigenvalue weighted by Crippen LogP contribution is 2.41. The van der Waals surface area contributed by atoms with Crippen LogP contribution in [0.4, 0.5) is 4.39 Å². The van der Waals surface area contributed by atoms with E-state index in [0.29, 0.717) is 12.0 Å². The number of unbranched alkanes of at least 4 members (excludes halogenated alkanes) is 3. The normalized spacial score (nSPS) is 21.9. The van der Waals surface area contributed by atoms with Gasteiger partial charge in [0.1, 0.15) is 0 Å². The number of aryl methyl sites for hydroxylation is 1. The van der Waals surface area contributed by atoms with Crippen LogP contribution in [0.15, 0.2) is 24.3 Å². The molecule has 0 fully saturated rings. The molecule has 0 aromatic heterocycles. The van der Waals surface area contributed by atoms with Crippen LogP contribution in [-0.4, -0.2) is 12.1 Å². The molecule has 0 radical (unpaired) electrons. The Balaban J connectivity index is 1.91. The van der Waals surface area contributed by atoms with Crippen molar-refractivity contribution in [2.75, 3.05) is 0 Å². The molecule has 1 unspecified atom stereocenters. The largest absolute Gasteiger partial charge is 0.460 e. The Morgan fingerprint density at radius 1 is 1.33 bits per heavy atom. The van der Waals surface area contributed by atoms with E-state index in [4.69, 9.17) is 4.74 Å². The fourth-order valence-electron chi connectivity index (χ4n) is 2.97. The summed E-state index contributed by atoms with van der Waals surface area (Å²) in [7, 11) is 0. The highest BCUT2D eigenvalue weighted by Gasteiger charge is 2.47. The van der Waals surface area contributed by atoms with Gasteiger partial charge >= 0.3 is 5.97 Å². The Bertz CT molecular complexity index is 486. The van der Waals surface area contributed by atoms with Gasteiger partial charge in [-0.05, 0) is 31.7 Å². The first kappa shape index (κ1) is 16.0. The lowest BCUT2D eigenvalue weighted by Gasteiger charge is -2.22. The number of hydrogen-bond donors (Lipinski definition) is 0. The van der Waals surface area contributed by atoms with Crippen LogP contribution < -0.4 is 0 Å². The topological polar surface area (TPSA) is 26.3 Å². The van der Waals surface area contributed by atoms with Crippen LogP contribution in [0.3, 0.4) is 0 Å². The van der Waals surface area contributed by atoms with Crippen LogP contribution in [0.25, 0.3) is 0 Å². The zero-order chi connectivity index (χ0) is 15.3. The van der Waals surface area contributed by atoms with Crippen LogP contribution in [-0.2, 0) is 21.6 Å². The minimum atomic E-state index is -1.95. The summed E-state index contributed by atoms with van der Waals surface area (Å²) in [6, 6.07) is 7.25. The van der Waals surface area contributed by atoms with Gasteiger partial charge in [-0.25, -0.2) is 9.18 Å². The number of halogens is 1. The zero-order valence-electron chi connectivity index (χ0n) is 13.0. The van der Waals surface area contributed by atoms with Crippen LogP contribution >= 0.6 is 0 Å². The molecule has 0 amide bonds. The van der Waals surface area contributed by atoms with Crippen LogP contribution in [0, 0.1) is 0 Å². The van der Waals surface area contributed by atoms with Gasteiger partial charge in [0.2, 0.25) is 5.67 Å². The van der Waals surface area contributed by atoms with Crippen molar-refractivity contribution in [3.63, 3.8) is 0 Å². The standard InChI is InChI=1S/C18H25FO2/c1-3-4-5-6-9-14(2)21-17(20)18(19)13-12-15-10-7-8-11-16(15)18/h7-8,10-11,14H,3-6,9,12-13H2,1-2H3/t14-,18?/m0/s1. The summed E-state index contributed by atoms with van der Waals surface area (Å²) in [6.45, 7) is 4.02. The molecule has 0 heterocycles. The minimum absolute atomic E-state index is 0.202. The second-order valence-corrected chi connectivity index (χ2v) is 6.02. The van der Waals surface area contributed by atoms with E-state index in [0.717, 1.165) is 24.8 Å². The molecular formula is C18H25FO2. The molecule has 0 saturated carbocycles. The van der Waals surface area contributed by atoms with Crippen molar-refractivity contribution in [3.8, 4) is 0 Å². The predicted molar refractivity (Wildman–Crippen MR) is 81.9 cm³/mol. The number of alkyl halides is 1. The maximum absolute atomic E-state index is 15.0. The zero-order valence-corrected chi connectivity index (χ0v) is 13.0. The van der Waals surface area contributed by atoms with Crippen molar-refractivity contribution in [2.24, 2.45) is 0 Å². The number of ether oxygens (including phenoxy) is 1. The monoisotopic (exact) mass is 292 g/mol. The highest BCUT2D eigenvalue weighted by molar-refractivity contribution is 5.83. The van der Waals surface area contributed by atoms with Gasteiger partial charge in [-0.3, -0.25) is 0 Å². The molecule has 1 aliphatic carbocycles. The maximum atomic E-state index is 15.0. The summed E-state index contributed by atoms with van der Waals surface area (Å²) < 4.78 is 20.4. The molecule has 0 saturated heterocycles. The second kappa shape index (κ2) is 7.06. The fraction of sp³-hybridized carbons (Fsp3) is 0.611. The van der Waals surface area contributed by atoms with Crippen LogP contribution in [0.1, 0.15) is 63.5 Å². The van der Waals surface area contributed by atoms with Gasteiger partial charge in [0.05, 0.1) is 6.10 Å². The summed E-state index contributed by atoms with van der Waals surface area (Å²) in [5.41, 5.74) is -0.533. The van der Waals surface area contributed by atoms with Gasteiger partial charge < -0.3 is 4.74 Å². The Labute approximate surface area is 126 Å². The molecule has 1 aromatic carbocycles. The van der Waals surface area contributed by atoms with Gasteiger partial charge in [0.25, 0.3) is 0 Å². The number of rotatable bonds is 7. The van der Waals surface area contributed by atoms with E-state index in [1.807, 2.05) is 19.1 Å².